The van der Waals surface area contributed by atoms with Gasteiger partial charge < -0.3 is 5.32 Å². The molecule has 2 aliphatic carbocycles. The first-order chi connectivity index (χ1) is 7.74. The number of hydrogen-bond acceptors (Lipinski definition) is 1. The van der Waals surface area contributed by atoms with E-state index < -0.39 is 0 Å². The Labute approximate surface area is 106 Å². The van der Waals surface area contributed by atoms with Crippen molar-refractivity contribution in [2.24, 2.45) is 5.92 Å². The maximum atomic E-state index is 3.80. The summed E-state index contributed by atoms with van der Waals surface area (Å²) in [6.07, 6.45) is 5.34. The molecule has 1 nitrogen and oxygen atoms in total. The number of nitrogens with one attached hydrogen (secondary N) is 1. The van der Waals surface area contributed by atoms with Gasteiger partial charge in [0.05, 0.1) is 0 Å². The Balaban J connectivity index is 1.75. The van der Waals surface area contributed by atoms with Gasteiger partial charge in [-0.15, -0.1) is 0 Å². The van der Waals surface area contributed by atoms with Crippen molar-refractivity contribution in [3.8, 4) is 0 Å². The Morgan fingerprint density at radius 3 is 2.88 bits per heavy atom. The molecule has 1 aromatic rings. The van der Waals surface area contributed by atoms with Gasteiger partial charge in [0, 0.05) is 16.6 Å². The van der Waals surface area contributed by atoms with Gasteiger partial charge >= 0.3 is 0 Å². The highest BCUT2D eigenvalue weighted by Crippen LogP contribution is 2.37. The minimum absolute atomic E-state index is 0.596. The first-order valence-electron chi connectivity index (χ1n) is 6.28. The lowest BCUT2D eigenvalue weighted by Gasteiger charge is -2.20. The van der Waals surface area contributed by atoms with E-state index in [2.05, 4.69) is 46.4 Å². The molecule has 3 rings (SSSR count). The molecule has 86 valence electrons. The SMILES string of the molecule is CC(NC1CCc2cc(Br)ccc21)C1CC1. The summed E-state index contributed by atoms with van der Waals surface area (Å²) in [4.78, 5) is 0. The van der Waals surface area contributed by atoms with Crippen LogP contribution in [-0.4, -0.2) is 6.04 Å². The molecule has 2 heteroatoms. The van der Waals surface area contributed by atoms with Crippen LogP contribution < -0.4 is 5.32 Å². The molecular formula is C14H18BrN. The van der Waals surface area contributed by atoms with Crippen LogP contribution >= 0.6 is 15.9 Å². The van der Waals surface area contributed by atoms with Gasteiger partial charge in [-0.05, 0) is 61.8 Å². The van der Waals surface area contributed by atoms with Crippen LogP contribution in [0.1, 0.15) is 43.4 Å². The van der Waals surface area contributed by atoms with Crippen molar-refractivity contribution in [1.29, 1.82) is 0 Å². The van der Waals surface area contributed by atoms with E-state index in [1.807, 2.05) is 0 Å². The van der Waals surface area contributed by atoms with Crippen LogP contribution in [0.2, 0.25) is 0 Å². The predicted octanol–water partition coefficient (Wildman–Crippen LogP) is 3.82. The van der Waals surface area contributed by atoms with Crippen LogP contribution in [0.4, 0.5) is 0 Å². The van der Waals surface area contributed by atoms with Crippen molar-refractivity contribution in [2.75, 3.05) is 0 Å². The van der Waals surface area contributed by atoms with Gasteiger partial charge in [0.1, 0.15) is 0 Å². The number of hydrogen-bond donors (Lipinski definition) is 1. The summed E-state index contributed by atoms with van der Waals surface area (Å²) in [5.74, 6) is 0.944. The van der Waals surface area contributed by atoms with E-state index in [1.165, 1.54) is 41.3 Å². The maximum absolute atomic E-state index is 3.80. The Morgan fingerprint density at radius 2 is 2.12 bits per heavy atom. The molecule has 1 N–H and O–H groups in total. The van der Waals surface area contributed by atoms with Crippen molar-refractivity contribution in [2.45, 2.75) is 44.7 Å². The zero-order chi connectivity index (χ0) is 11.1. The van der Waals surface area contributed by atoms with Gasteiger partial charge in [-0.1, -0.05) is 22.0 Å². The lowest BCUT2D eigenvalue weighted by Crippen LogP contribution is -2.30. The number of fused-ring (bicyclic) bond motifs is 1. The van der Waals surface area contributed by atoms with E-state index in [4.69, 9.17) is 0 Å². The molecule has 2 aliphatic rings. The lowest BCUT2D eigenvalue weighted by atomic mass is 10.1. The van der Waals surface area contributed by atoms with Gasteiger partial charge in [-0.3, -0.25) is 0 Å². The molecule has 1 saturated carbocycles. The van der Waals surface area contributed by atoms with Crippen molar-refractivity contribution in [1.82, 2.24) is 5.32 Å². The fraction of sp³-hybridized carbons (Fsp3) is 0.571. The normalized spacial score (nSPS) is 25.5. The predicted molar refractivity (Wildman–Crippen MR) is 70.5 cm³/mol. The van der Waals surface area contributed by atoms with Crippen LogP contribution in [0.25, 0.3) is 0 Å². The van der Waals surface area contributed by atoms with Gasteiger partial charge in [0.2, 0.25) is 0 Å². The number of rotatable bonds is 3. The molecule has 2 unspecified atom stereocenters. The summed E-state index contributed by atoms with van der Waals surface area (Å²) in [5, 5.41) is 3.80. The molecule has 0 aliphatic heterocycles. The molecule has 2 atom stereocenters. The summed E-state index contributed by atoms with van der Waals surface area (Å²) >= 11 is 3.55. The highest BCUT2D eigenvalue weighted by molar-refractivity contribution is 9.10. The average Bonchev–Trinajstić information content (AvgIpc) is 3.03. The average molecular weight is 280 g/mol. The number of halogens is 1. The second kappa shape index (κ2) is 4.15. The third-order valence-electron chi connectivity index (χ3n) is 3.98. The zero-order valence-corrected chi connectivity index (χ0v) is 11.3. The molecule has 0 saturated heterocycles. The third kappa shape index (κ3) is 2.05. The Kier molecular flexibility index (Phi) is 2.80. The van der Waals surface area contributed by atoms with Gasteiger partial charge in [-0.25, -0.2) is 0 Å². The minimum atomic E-state index is 0.596. The second-order valence-corrected chi connectivity index (χ2v) is 6.14. The molecule has 1 aromatic carbocycles. The zero-order valence-electron chi connectivity index (χ0n) is 9.67. The van der Waals surface area contributed by atoms with Crippen LogP contribution in [0.3, 0.4) is 0 Å². The second-order valence-electron chi connectivity index (χ2n) is 5.23. The molecule has 0 radical (unpaired) electrons. The first kappa shape index (κ1) is 10.8. The van der Waals surface area contributed by atoms with Crippen molar-refractivity contribution in [3.05, 3.63) is 33.8 Å². The topological polar surface area (TPSA) is 12.0 Å². The highest BCUT2D eigenvalue weighted by atomic mass is 79.9. The minimum Gasteiger partial charge on any atom is -0.307 e. The number of benzene rings is 1. The van der Waals surface area contributed by atoms with Gasteiger partial charge in [0.15, 0.2) is 0 Å². The molecule has 1 fully saturated rings. The molecule has 0 spiro atoms. The van der Waals surface area contributed by atoms with E-state index in [0.29, 0.717) is 12.1 Å². The van der Waals surface area contributed by atoms with Crippen molar-refractivity contribution in [3.63, 3.8) is 0 Å². The van der Waals surface area contributed by atoms with E-state index in [0.717, 1.165) is 5.92 Å². The maximum Gasteiger partial charge on any atom is 0.0328 e. The molecule has 16 heavy (non-hydrogen) atoms. The largest absolute Gasteiger partial charge is 0.307 e. The number of aryl methyl sites for hydroxylation is 1. The van der Waals surface area contributed by atoms with Crippen LogP contribution in [0, 0.1) is 5.92 Å². The summed E-state index contributed by atoms with van der Waals surface area (Å²) in [6.45, 7) is 2.34. The fourth-order valence-corrected chi connectivity index (χ4v) is 3.22. The van der Waals surface area contributed by atoms with E-state index in [-0.39, 0.29) is 0 Å². The lowest BCUT2D eigenvalue weighted by molar-refractivity contribution is 0.421. The summed E-state index contributed by atoms with van der Waals surface area (Å²) in [6, 6.07) is 8.02. The van der Waals surface area contributed by atoms with E-state index in [1.54, 1.807) is 0 Å². The monoisotopic (exact) mass is 279 g/mol. The van der Waals surface area contributed by atoms with E-state index in [9.17, 15) is 0 Å². The molecule has 0 heterocycles. The Morgan fingerprint density at radius 1 is 1.31 bits per heavy atom. The standard InChI is InChI=1S/C14H18BrN/c1-9(10-2-3-10)16-14-7-4-11-8-12(15)5-6-13(11)14/h5-6,8-10,14,16H,2-4,7H2,1H3. The fourth-order valence-electron chi connectivity index (χ4n) is 2.81. The Hall–Kier alpha value is -0.340. The van der Waals surface area contributed by atoms with Crippen molar-refractivity contribution >= 4 is 15.9 Å². The molecule has 0 bridgehead atoms. The van der Waals surface area contributed by atoms with E-state index >= 15 is 0 Å². The Bertz CT molecular complexity index is 398. The molecule has 0 aromatic heterocycles. The molecule has 0 amide bonds. The quantitative estimate of drug-likeness (QED) is 0.887. The molecular weight excluding hydrogens is 262 g/mol. The van der Waals surface area contributed by atoms with Crippen LogP contribution in [0.5, 0.6) is 0 Å². The first-order valence-corrected chi connectivity index (χ1v) is 7.08. The highest BCUT2D eigenvalue weighted by Gasteiger charge is 2.31. The van der Waals surface area contributed by atoms with Gasteiger partial charge in [-0.2, -0.15) is 0 Å². The third-order valence-corrected chi connectivity index (χ3v) is 4.47. The summed E-state index contributed by atoms with van der Waals surface area (Å²) in [7, 11) is 0. The van der Waals surface area contributed by atoms with Gasteiger partial charge in [0.25, 0.3) is 0 Å². The van der Waals surface area contributed by atoms with Crippen LogP contribution in [-0.2, 0) is 6.42 Å². The van der Waals surface area contributed by atoms with Crippen molar-refractivity contribution < 1.29 is 0 Å². The summed E-state index contributed by atoms with van der Waals surface area (Å²) in [5.41, 5.74) is 3.05. The summed E-state index contributed by atoms with van der Waals surface area (Å²) < 4.78 is 1.21. The smallest absolute Gasteiger partial charge is 0.0328 e. The van der Waals surface area contributed by atoms with Crippen LogP contribution in [0.15, 0.2) is 22.7 Å².